The van der Waals surface area contributed by atoms with Crippen LogP contribution in [0.2, 0.25) is 0 Å². The van der Waals surface area contributed by atoms with E-state index in [1.165, 1.54) is 7.11 Å². The molecule has 8 heteroatoms. The minimum atomic E-state index is -0.256. The summed E-state index contributed by atoms with van der Waals surface area (Å²) in [5.41, 5.74) is 2.39. The second-order valence-electron chi connectivity index (χ2n) is 6.81. The average molecular weight is 382 g/mol. The zero-order chi connectivity index (χ0) is 19.8. The lowest BCUT2D eigenvalue weighted by molar-refractivity contribution is -0.116. The molecule has 3 heterocycles. The van der Waals surface area contributed by atoms with Crippen molar-refractivity contribution in [3.05, 3.63) is 46.1 Å². The SMILES string of the molecule is COc1ccc(NC(=O)Cn2c(C)cc3nc4n(c(=O)c32)CCC4)c(OC)c1. The molecule has 1 aliphatic heterocycles. The van der Waals surface area contributed by atoms with Crippen LogP contribution in [0.4, 0.5) is 5.69 Å². The third-order valence-corrected chi connectivity index (χ3v) is 5.06. The number of carbonyl (C=O) groups excluding carboxylic acids is 1. The number of ether oxygens (including phenoxy) is 2. The number of nitrogens with zero attached hydrogens (tertiary/aromatic N) is 3. The minimum absolute atomic E-state index is 0.0147. The van der Waals surface area contributed by atoms with Gasteiger partial charge in [-0.25, -0.2) is 4.98 Å². The maximum atomic E-state index is 12.9. The molecule has 28 heavy (non-hydrogen) atoms. The number of aromatic nitrogens is 3. The molecule has 0 unspecified atom stereocenters. The lowest BCUT2D eigenvalue weighted by Crippen LogP contribution is -2.26. The first kappa shape index (κ1) is 18.1. The molecule has 4 rings (SSSR count). The number of fused-ring (bicyclic) bond motifs is 2. The van der Waals surface area contributed by atoms with Crippen molar-refractivity contribution >= 4 is 22.6 Å². The van der Waals surface area contributed by atoms with Gasteiger partial charge in [0, 0.05) is 24.7 Å². The summed E-state index contributed by atoms with van der Waals surface area (Å²) in [7, 11) is 3.09. The van der Waals surface area contributed by atoms with E-state index in [2.05, 4.69) is 10.3 Å². The number of hydrogen-bond acceptors (Lipinski definition) is 5. The van der Waals surface area contributed by atoms with Gasteiger partial charge in [0.05, 0.1) is 25.4 Å². The van der Waals surface area contributed by atoms with Crippen molar-refractivity contribution in [3.63, 3.8) is 0 Å². The molecule has 1 aromatic carbocycles. The Balaban J connectivity index is 1.65. The van der Waals surface area contributed by atoms with Crippen LogP contribution in [0, 0.1) is 6.92 Å². The van der Waals surface area contributed by atoms with Gasteiger partial charge >= 0.3 is 0 Å². The summed E-state index contributed by atoms with van der Waals surface area (Å²) in [5.74, 6) is 1.70. The van der Waals surface area contributed by atoms with Crippen LogP contribution >= 0.6 is 0 Å². The van der Waals surface area contributed by atoms with Crippen LogP contribution in [0.25, 0.3) is 11.0 Å². The van der Waals surface area contributed by atoms with Crippen molar-refractivity contribution in [1.82, 2.24) is 14.1 Å². The molecular weight excluding hydrogens is 360 g/mol. The number of carbonyl (C=O) groups is 1. The topological polar surface area (TPSA) is 87.4 Å². The van der Waals surface area contributed by atoms with Crippen molar-refractivity contribution in [2.75, 3.05) is 19.5 Å². The second kappa shape index (κ2) is 7.03. The number of rotatable bonds is 5. The Morgan fingerprint density at radius 1 is 1.25 bits per heavy atom. The summed E-state index contributed by atoms with van der Waals surface area (Å²) in [6.07, 6.45) is 1.73. The van der Waals surface area contributed by atoms with Crippen LogP contribution in [-0.4, -0.2) is 34.2 Å². The van der Waals surface area contributed by atoms with E-state index in [0.29, 0.717) is 34.8 Å². The molecule has 1 N–H and O–H groups in total. The Bertz CT molecular complexity index is 1130. The van der Waals surface area contributed by atoms with Crippen molar-refractivity contribution in [2.24, 2.45) is 0 Å². The van der Waals surface area contributed by atoms with E-state index >= 15 is 0 Å². The number of hydrogen-bond donors (Lipinski definition) is 1. The lowest BCUT2D eigenvalue weighted by Gasteiger charge is -2.13. The molecule has 0 spiro atoms. The summed E-state index contributed by atoms with van der Waals surface area (Å²) in [5, 5.41) is 2.85. The molecule has 1 amide bonds. The lowest BCUT2D eigenvalue weighted by atomic mass is 10.2. The quantitative estimate of drug-likeness (QED) is 0.730. The summed E-state index contributed by atoms with van der Waals surface area (Å²) in [4.78, 5) is 30.2. The van der Waals surface area contributed by atoms with Gasteiger partial charge in [0.1, 0.15) is 29.4 Å². The monoisotopic (exact) mass is 382 g/mol. The van der Waals surface area contributed by atoms with E-state index in [0.717, 1.165) is 24.4 Å². The van der Waals surface area contributed by atoms with E-state index in [-0.39, 0.29) is 18.0 Å². The fraction of sp³-hybridized carbons (Fsp3) is 0.350. The van der Waals surface area contributed by atoms with Gasteiger partial charge < -0.3 is 19.4 Å². The molecular formula is C20H22N4O4. The van der Waals surface area contributed by atoms with Gasteiger partial charge in [-0.05, 0) is 31.5 Å². The summed E-state index contributed by atoms with van der Waals surface area (Å²) >= 11 is 0. The highest BCUT2D eigenvalue weighted by atomic mass is 16.5. The maximum Gasteiger partial charge on any atom is 0.278 e. The number of methoxy groups -OCH3 is 2. The van der Waals surface area contributed by atoms with Crippen molar-refractivity contribution in [1.29, 1.82) is 0 Å². The highest BCUT2D eigenvalue weighted by Gasteiger charge is 2.21. The number of nitrogens with one attached hydrogen (secondary N) is 1. The number of anilines is 1. The average Bonchev–Trinajstić information content (AvgIpc) is 3.27. The largest absolute Gasteiger partial charge is 0.497 e. The fourth-order valence-corrected chi connectivity index (χ4v) is 3.67. The van der Waals surface area contributed by atoms with Crippen LogP contribution in [-0.2, 0) is 24.3 Å². The van der Waals surface area contributed by atoms with E-state index in [1.807, 2.05) is 13.0 Å². The number of benzene rings is 1. The fourth-order valence-electron chi connectivity index (χ4n) is 3.67. The Labute approximate surface area is 161 Å². The standard InChI is InChI=1S/C20H22N4O4/c1-12-9-15-19(20(26)23-8-4-5-17(23)21-15)24(12)11-18(25)22-14-7-6-13(27-2)10-16(14)28-3/h6-7,9-10H,4-5,8,11H2,1-3H3,(H,22,25). The molecule has 0 aliphatic carbocycles. The Morgan fingerprint density at radius 3 is 2.82 bits per heavy atom. The molecule has 0 bridgehead atoms. The molecule has 1 aliphatic rings. The maximum absolute atomic E-state index is 12.9. The highest BCUT2D eigenvalue weighted by Crippen LogP contribution is 2.29. The van der Waals surface area contributed by atoms with Crippen LogP contribution in [0.15, 0.2) is 29.1 Å². The molecule has 0 atom stereocenters. The zero-order valence-corrected chi connectivity index (χ0v) is 16.1. The van der Waals surface area contributed by atoms with Crippen molar-refractivity contribution in [3.8, 4) is 11.5 Å². The van der Waals surface area contributed by atoms with Crippen LogP contribution in [0.1, 0.15) is 17.9 Å². The molecule has 146 valence electrons. The summed E-state index contributed by atoms with van der Waals surface area (Å²) < 4.78 is 13.9. The van der Waals surface area contributed by atoms with Crippen LogP contribution < -0.4 is 20.3 Å². The van der Waals surface area contributed by atoms with Gasteiger partial charge in [-0.3, -0.25) is 14.2 Å². The molecule has 0 saturated heterocycles. The van der Waals surface area contributed by atoms with Crippen molar-refractivity contribution < 1.29 is 14.3 Å². The Hall–Kier alpha value is -3.29. The van der Waals surface area contributed by atoms with E-state index < -0.39 is 0 Å². The first-order valence-corrected chi connectivity index (χ1v) is 9.13. The highest BCUT2D eigenvalue weighted by molar-refractivity contribution is 5.93. The van der Waals surface area contributed by atoms with E-state index in [9.17, 15) is 9.59 Å². The number of amides is 1. The zero-order valence-electron chi connectivity index (χ0n) is 16.1. The summed E-state index contributed by atoms with van der Waals surface area (Å²) in [6, 6.07) is 7.02. The van der Waals surface area contributed by atoms with Crippen LogP contribution in [0.5, 0.6) is 11.5 Å². The first-order valence-electron chi connectivity index (χ1n) is 9.13. The van der Waals surface area contributed by atoms with Crippen LogP contribution in [0.3, 0.4) is 0 Å². The third kappa shape index (κ3) is 3.00. The smallest absolute Gasteiger partial charge is 0.278 e. The van der Waals surface area contributed by atoms with Gasteiger partial charge in [-0.2, -0.15) is 0 Å². The first-order chi connectivity index (χ1) is 13.5. The van der Waals surface area contributed by atoms with Crippen molar-refractivity contribution in [2.45, 2.75) is 32.9 Å². The number of aryl methyl sites for hydroxylation is 2. The van der Waals surface area contributed by atoms with Gasteiger partial charge in [-0.15, -0.1) is 0 Å². The van der Waals surface area contributed by atoms with E-state index in [4.69, 9.17) is 9.47 Å². The summed E-state index contributed by atoms with van der Waals surface area (Å²) in [6.45, 7) is 2.56. The van der Waals surface area contributed by atoms with Gasteiger partial charge in [0.25, 0.3) is 5.56 Å². The molecule has 0 saturated carbocycles. The molecule has 2 aromatic heterocycles. The normalized spacial score (nSPS) is 12.8. The van der Waals surface area contributed by atoms with Gasteiger partial charge in [0.15, 0.2) is 0 Å². The minimum Gasteiger partial charge on any atom is -0.497 e. The molecule has 0 fully saturated rings. The Morgan fingerprint density at radius 2 is 2.07 bits per heavy atom. The predicted molar refractivity (Wildman–Crippen MR) is 105 cm³/mol. The van der Waals surface area contributed by atoms with Gasteiger partial charge in [-0.1, -0.05) is 0 Å². The predicted octanol–water partition coefficient (Wildman–Crippen LogP) is 2.11. The van der Waals surface area contributed by atoms with E-state index in [1.54, 1.807) is 34.4 Å². The molecule has 8 nitrogen and oxygen atoms in total. The molecule has 3 aromatic rings. The Kier molecular flexibility index (Phi) is 4.54. The molecule has 0 radical (unpaired) electrons. The third-order valence-electron chi connectivity index (χ3n) is 5.06. The second-order valence-corrected chi connectivity index (χ2v) is 6.81. The van der Waals surface area contributed by atoms with Gasteiger partial charge in [0.2, 0.25) is 5.91 Å².